The van der Waals surface area contributed by atoms with Crippen LogP contribution in [0.1, 0.15) is 39.1 Å². The van der Waals surface area contributed by atoms with E-state index in [4.69, 9.17) is 0 Å². The SMILES string of the molecule is O=C(NCc1nnc(SCC(=O)N2N=C(c3cccs3)C[C@H]2c2ccc(F)cc2)n1-c1ccc(F)cc1)c1ccccc1. The number of thiophene rings is 1. The summed E-state index contributed by atoms with van der Waals surface area (Å²) in [5.74, 6) is -0.910. The van der Waals surface area contributed by atoms with Gasteiger partial charge in [-0.05, 0) is 65.5 Å². The Morgan fingerprint density at radius 3 is 2.33 bits per heavy atom. The Morgan fingerprint density at radius 2 is 1.63 bits per heavy atom. The molecule has 12 heteroatoms. The summed E-state index contributed by atoms with van der Waals surface area (Å²) in [5.41, 5.74) is 2.64. The predicted molar refractivity (Wildman–Crippen MR) is 161 cm³/mol. The lowest BCUT2D eigenvalue weighted by molar-refractivity contribution is -0.130. The normalized spacial score (nSPS) is 14.5. The molecule has 3 heterocycles. The first-order valence-electron chi connectivity index (χ1n) is 13.3. The number of nitrogens with one attached hydrogen (secondary N) is 1. The molecule has 1 aliphatic heterocycles. The highest BCUT2D eigenvalue weighted by atomic mass is 32.2. The molecule has 43 heavy (non-hydrogen) atoms. The molecular formula is C31H24F2N6O2S2. The molecule has 0 saturated carbocycles. The number of nitrogens with zero attached hydrogens (tertiary/aromatic N) is 5. The average Bonchev–Trinajstić information content (AvgIpc) is 3.80. The van der Waals surface area contributed by atoms with Crippen LogP contribution in [0.25, 0.3) is 5.69 Å². The molecule has 0 fully saturated rings. The van der Waals surface area contributed by atoms with Crippen molar-refractivity contribution in [1.29, 1.82) is 0 Å². The van der Waals surface area contributed by atoms with E-state index >= 15 is 0 Å². The summed E-state index contributed by atoms with van der Waals surface area (Å²) in [4.78, 5) is 27.2. The monoisotopic (exact) mass is 614 g/mol. The molecule has 3 aromatic carbocycles. The Bertz CT molecular complexity index is 1760. The second-order valence-corrected chi connectivity index (χ2v) is 11.5. The van der Waals surface area contributed by atoms with Crippen LogP contribution in [-0.4, -0.2) is 43.1 Å². The smallest absolute Gasteiger partial charge is 0.253 e. The lowest BCUT2D eigenvalue weighted by Crippen LogP contribution is -2.28. The van der Waals surface area contributed by atoms with Crippen molar-refractivity contribution in [1.82, 2.24) is 25.1 Å². The number of hydrazone groups is 1. The molecule has 0 radical (unpaired) electrons. The third-order valence-corrected chi connectivity index (χ3v) is 8.61. The molecule has 8 nitrogen and oxygen atoms in total. The van der Waals surface area contributed by atoms with Crippen LogP contribution in [0.15, 0.2) is 107 Å². The lowest BCUT2D eigenvalue weighted by Gasteiger charge is -2.22. The molecule has 2 aromatic heterocycles. The number of halogens is 2. The third-order valence-electron chi connectivity index (χ3n) is 6.78. The number of benzene rings is 3. The Hall–Kier alpha value is -4.68. The summed E-state index contributed by atoms with van der Waals surface area (Å²) in [7, 11) is 0. The van der Waals surface area contributed by atoms with Crippen molar-refractivity contribution < 1.29 is 18.4 Å². The molecule has 5 aromatic rings. The van der Waals surface area contributed by atoms with E-state index in [2.05, 4.69) is 20.6 Å². The number of amides is 2. The Labute approximate surface area is 254 Å². The number of rotatable bonds is 9. The number of thioether (sulfide) groups is 1. The first-order chi connectivity index (χ1) is 21.0. The molecular weight excluding hydrogens is 591 g/mol. The summed E-state index contributed by atoms with van der Waals surface area (Å²) in [6.07, 6.45) is 0.500. The quantitative estimate of drug-likeness (QED) is 0.206. The summed E-state index contributed by atoms with van der Waals surface area (Å²) in [5, 5.41) is 19.9. The van der Waals surface area contributed by atoms with E-state index in [1.807, 2.05) is 23.6 Å². The molecule has 0 aliphatic carbocycles. The number of hydrogen-bond acceptors (Lipinski definition) is 7. The van der Waals surface area contributed by atoms with Crippen molar-refractivity contribution in [2.24, 2.45) is 5.10 Å². The van der Waals surface area contributed by atoms with Crippen LogP contribution in [0.2, 0.25) is 0 Å². The number of carbonyl (C=O) groups is 2. The van der Waals surface area contributed by atoms with Crippen LogP contribution in [0.4, 0.5) is 8.78 Å². The van der Waals surface area contributed by atoms with Gasteiger partial charge in [0.25, 0.3) is 11.8 Å². The maximum absolute atomic E-state index is 13.7. The standard InChI is InChI=1S/C31H24F2N6O2S2/c32-22-10-8-20(9-11-22)26-17-25(27-7-4-16-42-27)37-39(26)29(40)19-43-31-36-35-28(38(31)24-14-12-23(33)13-15-24)18-34-30(41)21-5-2-1-3-6-21/h1-16,26H,17-19H2,(H,34,41)/t26-/m0/s1. The van der Waals surface area contributed by atoms with Gasteiger partial charge in [-0.15, -0.1) is 21.5 Å². The van der Waals surface area contributed by atoms with Crippen LogP contribution in [0.3, 0.4) is 0 Å². The van der Waals surface area contributed by atoms with Crippen LogP contribution in [0.5, 0.6) is 0 Å². The van der Waals surface area contributed by atoms with Gasteiger partial charge in [0.05, 0.1) is 28.9 Å². The molecule has 216 valence electrons. The lowest BCUT2D eigenvalue weighted by atomic mass is 10.0. The van der Waals surface area contributed by atoms with Gasteiger partial charge in [-0.2, -0.15) is 5.10 Å². The van der Waals surface area contributed by atoms with E-state index in [1.165, 1.54) is 29.3 Å². The highest BCUT2D eigenvalue weighted by Gasteiger charge is 2.33. The minimum Gasteiger partial charge on any atom is -0.345 e. The number of aromatic nitrogens is 3. The first-order valence-corrected chi connectivity index (χ1v) is 15.2. The minimum atomic E-state index is -0.402. The van der Waals surface area contributed by atoms with Crippen molar-refractivity contribution in [3.63, 3.8) is 0 Å². The van der Waals surface area contributed by atoms with Crippen molar-refractivity contribution in [2.75, 3.05) is 5.75 Å². The molecule has 0 saturated heterocycles. The van der Waals surface area contributed by atoms with E-state index in [-0.39, 0.29) is 36.0 Å². The van der Waals surface area contributed by atoms with E-state index < -0.39 is 5.82 Å². The molecule has 1 atom stereocenters. The van der Waals surface area contributed by atoms with Crippen LogP contribution in [-0.2, 0) is 11.3 Å². The molecule has 1 N–H and O–H groups in total. The van der Waals surface area contributed by atoms with Crippen molar-refractivity contribution in [3.05, 3.63) is 130 Å². The van der Waals surface area contributed by atoms with E-state index in [1.54, 1.807) is 64.4 Å². The molecule has 6 rings (SSSR count). The van der Waals surface area contributed by atoms with Gasteiger partial charge < -0.3 is 5.32 Å². The summed E-state index contributed by atoms with van der Waals surface area (Å²) in [6.45, 7) is 0.0554. The van der Waals surface area contributed by atoms with Gasteiger partial charge >= 0.3 is 0 Å². The number of carbonyl (C=O) groups excluding carboxylic acids is 2. The van der Waals surface area contributed by atoms with Gasteiger partial charge in [-0.1, -0.05) is 48.2 Å². The van der Waals surface area contributed by atoms with Gasteiger partial charge in [0, 0.05) is 17.7 Å². The highest BCUT2D eigenvalue weighted by molar-refractivity contribution is 7.99. The van der Waals surface area contributed by atoms with Crippen LogP contribution in [0, 0.1) is 11.6 Å². The zero-order chi connectivity index (χ0) is 29.8. The highest BCUT2D eigenvalue weighted by Crippen LogP contribution is 2.35. The summed E-state index contributed by atoms with van der Waals surface area (Å²) in [6, 6.07) is 24.2. The molecule has 0 unspecified atom stereocenters. The zero-order valence-corrected chi connectivity index (χ0v) is 24.2. The Kier molecular flexibility index (Phi) is 8.38. The Morgan fingerprint density at radius 1 is 0.907 bits per heavy atom. The second kappa shape index (κ2) is 12.7. The van der Waals surface area contributed by atoms with Gasteiger partial charge in [0.2, 0.25) is 0 Å². The maximum Gasteiger partial charge on any atom is 0.253 e. The predicted octanol–water partition coefficient (Wildman–Crippen LogP) is 6.01. The summed E-state index contributed by atoms with van der Waals surface area (Å²) < 4.78 is 29.1. The van der Waals surface area contributed by atoms with Gasteiger partial charge in [-0.3, -0.25) is 14.2 Å². The van der Waals surface area contributed by atoms with E-state index in [0.717, 1.165) is 27.9 Å². The molecule has 0 bridgehead atoms. The fraction of sp³-hybridized carbons (Fsp3) is 0.129. The second-order valence-electron chi connectivity index (χ2n) is 9.58. The van der Waals surface area contributed by atoms with Crippen molar-refractivity contribution >= 4 is 40.6 Å². The van der Waals surface area contributed by atoms with Crippen LogP contribution >= 0.6 is 23.1 Å². The van der Waals surface area contributed by atoms with E-state index in [0.29, 0.717) is 28.7 Å². The zero-order valence-electron chi connectivity index (χ0n) is 22.6. The fourth-order valence-electron chi connectivity index (χ4n) is 4.68. The summed E-state index contributed by atoms with van der Waals surface area (Å²) >= 11 is 2.70. The molecule has 2 amide bonds. The third kappa shape index (κ3) is 6.40. The van der Waals surface area contributed by atoms with Crippen LogP contribution < -0.4 is 5.32 Å². The maximum atomic E-state index is 13.7. The minimum absolute atomic E-state index is 0.0192. The van der Waals surface area contributed by atoms with E-state index in [9.17, 15) is 18.4 Å². The van der Waals surface area contributed by atoms with Gasteiger partial charge in [0.15, 0.2) is 11.0 Å². The Balaban J connectivity index is 1.23. The average molecular weight is 615 g/mol. The molecule has 1 aliphatic rings. The topological polar surface area (TPSA) is 92.5 Å². The molecule has 0 spiro atoms. The van der Waals surface area contributed by atoms with Gasteiger partial charge in [0.1, 0.15) is 11.6 Å². The fourth-order valence-corrected chi connectivity index (χ4v) is 6.22. The largest absolute Gasteiger partial charge is 0.345 e. The van der Waals surface area contributed by atoms with Crippen molar-refractivity contribution in [3.8, 4) is 5.69 Å². The van der Waals surface area contributed by atoms with Gasteiger partial charge in [-0.25, -0.2) is 13.8 Å². The first kappa shape index (κ1) is 28.4. The number of hydrogen-bond donors (Lipinski definition) is 1. The van der Waals surface area contributed by atoms with Crippen molar-refractivity contribution in [2.45, 2.75) is 24.2 Å².